The molecule has 0 bridgehead atoms. The molecule has 0 aromatic heterocycles. The number of ether oxygens (including phenoxy) is 2. The summed E-state index contributed by atoms with van der Waals surface area (Å²) in [6, 6.07) is 4.94. The van der Waals surface area contributed by atoms with E-state index in [1.807, 2.05) is 6.92 Å². The maximum Gasteiger partial charge on any atom is 0.339 e. The van der Waals surface area contributed by atoms with Crippen LogP contribution in [0.5, 0.6) is 11.5 Å². The number of carbonyl (C=O) groups is 1. The second-order valence-electron chi connectivity index (χ2n) is 5.63. The molecule has 1 fully saturated rings. The van der Waals surface area contributed by atoms with E-state index in [4.69, 9.17) is 9.47 Å². The standard InChI is InChI=1S/C17H24O4/c1-2-10-20-14-8-9-15(17(18)19)16(11-14)21-12-13-6-4-3-5-7-13/h8-9,11,13H,2-7,10,12H2,1H3,(H,18,19). The zero-order valence-corrected chi connectivity index (χ0v) is 12.6. The van der Waals surface area contributed by atoms with Crippen LogP contribution in [0.1, 0.15) is 55.8 Å². The van der Waals surface area contributed by atoms with Crippen LogP contribution in [0.15, 0.2) is 18.2 Å². The summed E-state index contributed by atoms with van der Waals surface area (Å²) in [5, 5.41) is 9.25. The minimum atomic E-state index is -0.962. The first kappa shape index (κ1) is 15.7. The van der Waals surface area contributed by atoms with Gasteiger partial charge in [0, 0.05) is 6.07 Å². The Morgan fingerprint density at radius 1 is 1.24 bits per heavy atom. The number of carboxylic acid groups (broad SMARTS) is 1. The molecule has 0 amide bonds. The zero-order valence-electron chi connectivity index (χ0n) is 12.6. The lowest BCUT2D eigenvalue weighted by Crippen LogP contribution is -2.16. The van der Waals surface area contributed by atoms with Gasteiger partial charge in [-0.25, -0.2) is 4.79 Å². The van der Waals surface area contributed by atoms with E-state index in [2.05, 4.69) is 0 Å². The van der Waals surface area contributed by atoms with E-state index in [-0.39, 0.29) is 5.56 Å². The summed E-state index contributed by atoms with van der Waals surface area (Å²) in [4.78, 5) is 11.3. The molecule has 1 aromatic rings. The minimum absolute atomic E-state index is 0.203. The Kier molecular flexibility index (Phi) is 5.90. The molecular weight excluding hydrogens is 268 g/mol. The molecule has 0 heterocycles. The molecule has 1 aliphatic carbocycles. The molecule has 0 radical (unpaired) electrons. The highest BCUT2D eigenvalue weighted by molar-refractivity contribution is 5.91. The Bertz CT molecular complexity index is 464. The van der Waals surface area contributed by atoms with Crippen molar-refractivity contribution in [1.29, 1.82) is 0 Å². The molecule has 1 saturated carbocycles. The zero-order chi connectivity index (χ0) is 15.1. The molecule has 0 unspecified atom stereocenters. The summed E-state index contributed by atoms with van der Waals surface area (Å²) in [6.45, 7) is 3.25. The fraction of sp³-hybridized carbons (Fsp3) is 0.588. The van der Waals surface area contributed by atoms with Gasteiger partial charge in [0.25, 0.3) is 0 Å². The minimum Gasteiger partial charge on any atom is -0.493 e. The van der Waals surface area contributed by atoms with Gasteiger partial charge in [0.1, 0.15) is 17.1 Å². The fourth-order valence-corrected chi connectivity index (χ4v) is 2.67. The van der Waals surface area contributed by atoms with Crippen LogP contribution >= 0.6 is 0 Å². The summed E-state index contributed by atoms with van der Waals surface area (Å²) >= 11 is 0. The molecule has 2 rings (SSSR count). The third kappa shape index (κ3) is 4.66. The lowest BCUT2D eigenvalue weighted by molar-refractivity contribution is 0.0690. The largest absolute Gasteiger partial charge is 0.493 e. The molecule has 1 N–H and O–H groups in total. The van der Waals surface area contributed by atoms with Gasteiger partial charge in [-0.3, -0.25) is 0 Å². The number of hydrogen-bond acceptors (Lipinski definition) is 3. The van der Waals surface area contributed by atoms with Crippen molar-refractivity contribution in [1.82, 2.24) is 0 Å². The van der Waals surface area contributed by atoms with Gasteiger partial charge in [-0.1, -0.05) is 26.2 Å². The second-order valence-corrected chi connectivity index (χ2v) is 5.63. The summed E-state index contributed by atoms with van der Waals surface area (Å²) in [5.74, 6) is 0.665. The summed E-state index contributed by atoms with van der Waals surface area (Å²) in [5.41, 5.74) is 0.203. The third-order valence-electron chi connectivity index (χ3n) is 3.86. The maximum absolute atomic E-state index is 11.3. The molecule has 21 heavy (non-hydrogen) atoms. The van der Waals surface area contributed by atoms with Crippen molar-refractivity contribution in [2.24, 2.45) is 5.92 Å². The first-order valence-corrected chi connectivity index (χ1v) is 7.83. The first-order valence-electron chi connectivity index (χ1n) is 7.83. The predicted octanol–water partition coefficient (Wildman–Crippen LogP) is 4.13. The normalized spacial score (nSPS) is 15.7. The van der Waals surface area contributed by atoms with Gasteiger partial charge in [0.2, 0.25) is 0 Å². The van der Waals surface area contributed by atoms with E-state index in [0.29, 0.717) is 30.6 Å². The topological polar surface area (TPSA) is 55.8 Å². The Balaban J connectivity index is 2.04. The van der Waals surface area contributed by atoms with Gasteiger partial charge >= 0.3 is 5.97 Å². The molecule has 0 spiro atoms. The summed E-state index contributed by atoms with van der Waals surface area (Å²) in [7, 11) is 0. The molecular formula is C17H24O4. The predicted molar refractivity (Wildman–Crippen MR) is 81.3 cm³/mol. The Morgan fingerprint density at radius 2 is 2.00 bits per heavy atom. The Morgan fingerprint density at radius 3 is 2.67 bits per heavy atom. The van der Waals surface area contributed by atoms with Crippen LogP contribution in [0.2, 0.25) is 0 Å². The Labute approximate surface area is 126 Å². The van der Waals surface area contributed by atoms with E-state index in [1.54, 1.807) is 18.2 Å². The fourth-order valence-electron chi connectivity index (χ4n) is 2.67. The summed E-state index contributed by atoms with van der Waals surface area (Å²) in [6.07, 6.45) is 7.07. The van der Waals surface area contributed by atoms with E-state index in [9.17, 15) is 9.90 Å². The van der Waals surface area contributed by atoms with Gasteiger partial charge in [-0.2, -0.15) is 0 Å². The molecule has 116 valence electrons. The highest BCUT2D eigenvalue weighted by Gasteiger charge is 2.17. The van der Waals surface area contributed by atoms with Crippen LogP contribution in [-0.4, -0.2) is 24.3 Å². The van der Waals surface area contributed by atoms with Crippen molar-refractivity contribution in [3.8, 4) is 11.5 Å². The van der Waals surface area contributed by atoms with E-state index < -0.39 is 5.97 Å². The number of carboxylic acids is 1. The number of hydrogen-bond donors (Lipinski definition) is 1. The van der Waals surface area contributed by atoms with Crippen molar-refractivity contribution in [3.63, 3.8) is 0 Å². The third-order valence-corrected chi connectivity index (χ3v) is 3.86. The highest BCUT2D eigenvalue weighted by Crippen LogP contribution is 2.28. The number of aromatic carboxylic acids is 1. The first-order chi connectivity index (χ1) is 10.2. The smallest absolute Gasteiger partial charge is 0.339 e. The van der Waals surface area contributed by atoms with Gasteiger partial charge in [0.05, 0.1) is 13.2 Å². The van der Waals surface area contributed by atoms with Crippen molar-refractivity contribution in [2.75, 3.05) is 13.2 Å². The molecule has 0 aliphatic heterocycles. The molecule has 1 aromatic carbocycles. The van der Waals surface area contributed by atoms with E-state index >= 15 is 0 Å². The van der Waals surface area contributed by atoms with Gasteiger partial charge in [-0.15, -0.1) is 0 Å². The molecule has 1 aliphatic rings. The number of benzene rings is 1. The Hall–Kier alpha value is -1.71. The average molecular weight is 292 g/mol. The van der Waals surface area contributed by atoms with Crippen LogP contribution in [0, 0.1) is 5.92 Å². The second kappa shape index (κ2) is 7.91. The van der Waals surface area contributed by atoms with Gasteiger partial charge in [-0.05, 0) is 37.3 Å². The maximum atomic E-state index is 11.3. The van der Waals surface area contributed by atoms with Gasteiger partial charge < -0.3 is 14.6 Å². The lowest BCUT2D eigenvalue weighted by Gasteiger charge is -2.22. The van der Waals surface area contributed by atoms with E-state index in [0.717, 1.165) is 6.42 Å². The van der Waals surface area contributed by atoms with E-state index in [1.165, 1.54) is 32.1 Å². The monoisotopic (exact) mass is 292 g/mol. The molecule has 4 nitrogen and oxygen atoms in total. The van der Waals surface area contributed by atoms with Crippen molar-refractivity contribution < 1.29 is 19.4 Å². The molecule has 0 atom stereocenters. The van der Waals surface area contributed by atoms with Gasteiger partial charge in [0.15, 0.2) is 0 Å². The van der Waals surface area contributed by atoms with Crippen LogP contribution in [0.3, 0.4) is 0 Å². The van der Waals surface area contributed by atoms with Crippen molar-refractivity contribution in [2.45, 2.75) is 45.4 Å². The SMILES string of the molecule is CCCOc1ccc(C(=O)O)c(OCC2CCCCC2)c1. The lowest BCUT2D eigenvalue weighted by atomic mass is 9.90. The van der Waals surface area contributed by atoms with Crippen LogP contribution < -0.4 is 9.47 Å². The average Bonchev–Trinajstić information content (AvgIpc) is 2.51. The summed E-state index contributed by atoms with van der Waals surface area (Å²) < 4.78 is 11.3. The highest BCUT2D eigenvalue weighted by atomic mass is 16.5. The molecule has 0 saturated heterocycles. The number of rotatable bonds is 7. The van der Waals surface area contributed by atoms with Crippen LogP contribution in [0.25, 0.3) is 0 Å². The molecule has 4 heteroatoms. The van der Waals surface area contributed by atoms with Crippen LogP contribution in [0.4, 0.5) is 0 Å². The quantitative estimate of drug-likeness (QED) is 0.821. The van der Waals surface area contributed by atoms with Crippen molar-refractivity contribution >= 4 is 5.97 Å². The van der Waals surface area contributed by atoms with Crippen molar-refractivity contribution in [3.05, 3.63) is 23.8 Å². The van der Waals surface area contributed by atoms with Crippen LogP contribution in [-0.2, 0) is 0 Å².